The molecule has 0 saturated heterocycles. The Morgan fingerprint density at radius 2 is 2.00 bits per heavy atom. The third kappa shape index (κ3) is 4.32. The van der Waals surface area contributed by atoms with Gasteiger partial charge >= 0.3 is 5.97 Å². The number of fused-ring (bicyclic) bond motifs is 1. The summed E-state index contributed by atoms with van der Waals surface area (Å²) >= 11 is 0.726. The Labute approximate surface area is 159 Å². The van der Waals surface area contributed by atoms with Crippen LogP contribution in [0.2, 0.25) is 0 Å². The van der Waals surface area contributed by atoms with E-state index in [0.717, 1.165) is 29.1 Å². The number of aromatic nitrogens is 3. The summed E-state index contributed by atoms with van der Waals surface area (Å²) < 4.78 is 28.8. The first kappa shape index (κ1) is 19.0. The van der Waals surface area contributed by atoms with Gasteiger partial charge in [0.25, 0.3) is 5.16 Å². The largest absolute Gasteiger partial charge is 0.406 e. The Kier molecular flexibility index (Phi) is 5.26. The Morgan fingerprint density at radius 1 is 1.26 bits per heavy atom. The number of hydrogen-bond donors (Lipinski definition) is 2. The van der Waals surface area contributed by atoms with E-state index >= 15 is 0 Å². The number of anilines is 2. The van der Waals surface area contributed by atoms with Gasteiger partial charge in [0.15, 0.2) is 5.82 Å². The van der Waals surface area contributed by atoms with Crippen molar-refractivity contribution in [2.45, 2.75) is 17.0 Å². The van der Waals surface area contributed by atoms with Crippen LogP contribution in [0.15, 0.2) is 46.6 Å². The lowest BCUT2D eigenvalue weighted by Crippen LogP contribution is -2.13. The number of pyridine rings is 1. The van der Waals surface area contributed by atoms with E-state index in [1.165, 1.54) is 6.92 Å². The SMILES string of the molecule is CC(=O)Oc1nc(S(C)(=O)=O)nc(Nc2cnc3ccccc3c2)c1SN. The predicted molar refractivity (Wildman–Crippen MR) is 102 cm³/mol. The molecule has 0 aliphatic carbocycles. The van der Waals surface area contributed by atoms with Crippen molar-refractivity contribution >= 4 is 50.2 Å². The molecular weight excluding hydrogens is 390 g/mol. The first-order valence-electron chi connectivity index (χ1n) is 7.57. The van der Waals surface area contributed by atoms with Crippen molar-refractivity contribution in [3.63, 3.8) is 0 Å². The maximum absolute atomic E-state index is 11.9. The lowest BCUT2D eigenvalue weighted by molar-refractivity contribution is -0.132. The summed E-state index contributed by atoms with van der Waals surface area (Å²) in [4.78, 5) is 23.7. The maximum Gasteiger partial charge on any atom is 0.309 e. The molecule has 27 heavy (non-hydrogen) atoms. The molecule has 0 fully saturated rings. The van der Waals surface area contributed by atoms with E-state index in [0.29, 0.717) is 5.69 Å². The Morgan fingerprint density at radius 3 is 2.67 bits per heavy atom. The fourth-order valence-corrected chi connectivity index (χ4v) is 3.15. The topological polar surface area (TPSA) is 137 Å². The molecule has 140 valence electrons. The molecule has 0 spiro atoms. The molecule has 1 aromatic carbocycles. The monoisotopic (exact) mass is 405 g/mol. The second-order valence-electron chi connectivity index (χ2n) is 5.51. The minimum Gasteiger partial charge on any atom is -0.406 e. The molecule has 0 unspecified atom stereocenters. The fourth-order valence-electron chi connectivity index (χ4n) is 2.25. The fraction of sp³-hybridized carbons (Fsp3) is 0.125. The summed E-state index contributed by atoms with van der Waals surface area (Å²) in [5, 5.41) is 9.03. The molecule has 11 heteroatoms. The normalized spacial score (nSPS) is 11.4. The van der Waals surface area contributed by atoms with Crippen LogP contribution in [0.25, 0.3) is 10.9 Å². The highest BCUT2D eigenvalue weighted by molar-refractivity contribution is 7.97. The van der Waals surface area contributed by atoms with Crippen molar-refractivity contribution in [1.29, 1.82) is 0 Å². The van der Waals surface area contributed by atoms with Crippen LogP contribution in [0, 0.1) is 0 Å². The first-order chi connectivity index (χ1) is 12.8. The molecule has 0 aliphatic rings. The van der Waals surface area contributed by atoms with Crippen molar-refractivity contribution in [2.24, 2.45) is 5.14 Å². The molecule has 3 rings (SSSR count). The van der Waals surface area contributed by atoms with E-state index in [2.05, 4.69) is 20.3 Å². The number of esters is 1. The van der Waals surface area contributed by atoms with Crippen LogP contribution in [0.3, 0.4) is 0 Å². The van der Waals surface area contributed by atoms with Gasteiger partial charge in [0.05, 0.1) is 17.4 Å². The van der Waals surface area contributed by atoms with E-state index in [-0.39, 0.29) is 16.6 Å². The highest BCUT2D eigenvalue weighted by atomic mass is 32.2. The zero-order chi connectivity index (χ0) is 19.6. The quantitative estimate of drug-likeness (QED) is 0.368. The van der Waals surface area contributed by atoms with E-state index in [4.69, 9.17) is 9.88 Å². The van der Waals surface area contributed by atoms with E-state index in [9.17, 15) is 13.2 Å². The number of hydrogen-bond acceptors (Lipinski definition) is 10. The van der Waals surface area contributed by atoms with Crippen LogP contribution in [0.4, 0.5) is 11.5 Å². The van der Waals surface area contributed by atoms with Gasteiger partial charge in [-0.15, -0.1) is 0 Å². The van der Waals surface area contributed by atoms with E-state index < -0.39 is 21.0 Å². The number of nitrogens with two attached hydrogens (primary N) is 1. The summed E-state index contributed by atoms with van der Waals surface area (Å²) in [6.45, 7) is 1.17. The number of carbonyl (C=O) groups excluding carboxylic acids is 1. The van der Waals surface area contributed by atoms with Gasteiger partial charge in [0.1, 0.15) is 4.90 Å². The van der Waals surface area contributed by atoms with Gasteiger partial charge in [0.2, 0.25) is 15.7 Å². The molecule has 2 heterocycles. The van der Waals surface area contributed by atoms with Gasteiger partial charge in [-0.1, -0.05) is 18.2 Å². The molecule has 0 saturated carbocycles. The minimum atomic E-state index is -3.75. The van der Waals surface area contributed by atoms with Crippen LogP contribution >= 0.6 is 11.9 Å². The number of carbonyl (C=O) groups is 1. The summed E-state index contributed by atoms with van der Waals surface area (Å²) in [6, 6.07) is 9.32. The van der Waals surface area contributed by atoms with Gasteiger partial charge in [-0.25, -0.2) is 8.42 Å². The highest BCUT2D eigenvalue weighted by Gasteiger charge is 2.22. The van der Waals surface area contributed by atoms with Gasteiger partial charge < -0.3 is 10.1 Å². The number of rotatable bonds is 5. The van der Waals surface area contributed by atoms with Gasteiger partial charge in [0, 0.05) is 18.6 Å². The van der Waals surface area contributed by atoms with Gasteiger partial charge in [-0.05, 0) is 24.1 Å². The van der Waals surface area contributed by atoms with Crippen molar-refractivity contribution in [3.05, 3.63) is 36.5 Å². The molecule has 0 aliphatic heterocycles. The van der Waals surface area contributed by atoms with Gasteiger partial charge in [-0.2, -0.15) is 9.97 Å². The standard InChI is InChI=1S/C16H15N5O4S2/c1-9(22)25-15-13(26-17)14(20-16(21-15)27(2,23)24)19-11-7-10-5-3-4-6-12(10)18-8-11/h3-8H,17H2,1-2H3,(H,19,20,21). The van der Waals surface area contributed by atoms with Crippen molar-refractivity contribution in [1.82, 2.24) is 15.0 Å². The third-order valence-electron chi connectivity index (χ3n) is 3.36. The molecular formula is C16H15N5O4S2. The third-order valence-corrected chi connectivity index (χ3v) is 4.81. The Hall–Kier alpha value is -2.76. The van der Waals surface area contributed by atoms with Gasteiger partial charge in [-0.3, -0.25) is 14.9 Å². The molecule has 0 radical (unpaired) electrons. The first-order valence-corrected chi connectivity index (χ1v) is 10.3. The average Bonchev–Trinajstić information content (AvgIpc) is 2.60. The molecule has 9 nitrogen and oxygen atoms in total. The average molecular weight is 405 g/mol. The second kappa shape index (κ2) is 7.47. The smallest absolute Gasteiger partial charge is 0.309 e. The number of nitrogens with zero attached hydrogens (tertiary/aromatic N) is 3. The number of benzene rings is 1. The van der Waals surface area contributed by atoms with E-state index in [1.54, 1.807) is 6.20 Å². The lowest BCUT2D eigenvalue weighted by Gasteiger charge is -2.13. The lowest BCUT2D eigenvalue weighted by atomic mass is 10.2. The molecule has 3 aromatic rings. The van der Waals surface area contributed by atoms with Crippen LogP contribution in [-0.4, -0.2) is 35.6 Å². The minimum absolute atomic E-state index is 0.0891. The molecule has 0 atom stereocenters. The number of nitrogens with one attached hydrogen (secondary N) is 1. The molecule has 3 N–H and O–H groups in total. The summed E-state index contributed by atoms with van der Waals surface area (Å²) in [5.74, 6) is -0.810. The molecule has 2 aromatic heterocycles. The zero-order valence-corrected chi connectivity index (χ0v) is 16.0. The summed E-state index contributed by atoms with van der Waals surface area (Å²) in [7, 11) is -3.75. The van der Waals surface area contributed by atoms with E-state index in [1.807, 2.05) is 30.3 Å². The van der Waals surface area contributed by atoms with Crippen LogP contribution < -0.4 is 15.2 Å². The highest BCUT2D eigenvalue weighted by Crippen LogP contribution is 2.34. The summed E-state index contributed by atoms with van der Waals surface area (Å²) in [6.07, 6.45) is 2.53. The summed E-state index contributed by atoms with van der Waals surface area (Å²) in [5.41, 5.74) is 1.35. The van der Waals surface area contributed by atoms with Crippen LogP contribution in [-0.2, 0) is 14.6 Å². The Bertz CT molecular complexity index is 1130. The number of sulfone groups is 1. The van der Waals surface area contributed by atoms with Crippen molar-refractivity contribution in [3.8, 4) is 5.88 Å². The molecule has 0 amide bonds. The number of para-hydroxylation sites is 1. The maximum atomic E-state index is 11.9. The van der Waals surface area contributed by atoms with Crippen molar-refractivity contribution in [2.75, 3.05) is 11.6 Å². The van der Waals surface area contributed by atoms with Crippen LogP contribution in [0.1, 0.15) is 6.92 Å². The zero-order valence-electron chi connectivity index (χ0n) is 14.3. The molecule has 0 bridgehead atoms. The second-order valence-corrected chi connectivity index (χ2v) is 8.07. The van der Waals surface area contributed by atoms with Crippen LogP contribution in [0.5, 0.6) is 5.88 Å². The number of ether oxygens (including phenoxy) is 1. The Balaban J connectivity index is 2.12. The predicted octanol–water partition coefficient (Wildman–Crippen LogP) is 2.06. The van der Waals surface area contributed by atoms with Crippen molar-refractivity contribution < 1.29 is 17.9 Å².